The Bertz CT molecular complexity index is 460. The maximum atomic E-state index is 10.5. The number of rotatable bonds is 2. The molecule has 1 N–H and O–H groups in total. The number of benzene rings is 1. The van der Waals surface area contributed by atoms with Gasteiger partial charge in [-0.1, -0.05) is 30.3 Å². The summed E-state index contributed by atoms with van der Waals surface area (Å²) in [6.07, 6.45) is 3.49. The maximum absolute atomic E-state index is 10.5. The summed E-state index contributed by atoms with van der Waals surface area (Å²) in [5.74, 6) is 0.00820. The number of carbonyl (C=O) groups excluding carboxylic acids is 1. The fourth-order valence-electron chi connectivity index (χ4n) is 1.16. The van der Waals surface area contributed by atoms with E-state index >= 15 is 0 Å². The molecule has 0 aliphatic heterocycles. The van der Waals surface area contributed by atoms with Crippen molar-refractivity contribution in [2.45, 2.75) is 13.5 Å². The minimum atomic E-state index is 0.00820. The largest absolute Gasteiger partial charge is 0.352 e. The molecule has 94 valence electrons. The SMILES string of the molecule is Brc1cccnc1.CC(=O)NCc1ccccc1. The average molecular weight is 307 g/mol. The number of nitrogens with zero attached hydrogens (tertiary/aromatic N) is 1. The lowest BCUT2D eigenvalue weighted by Crippen LogP contribution is -2.18. The zero-order valence-corrected chi connectivity index (χ0v) is 11.7. The molecular weight excluding hydrogens is 292 g/mol. The molecule has 0 atom stereocenters. The Balaban J connectivity index is 0.000000199. The molecule has 0 spiro atoms. The van der Waals surface area contributed by atoms with Gasteiger partial charge in [0.1, 0.15) is 0 Å². The summed E-state index contributed by atoms with van der Waals surface area (Å²) >= 11 is 3.25. The summed E-state index contributed by atoms with van der Waals surface area (Å²) in [7, 11) is 0. The van der Waals surface area contributed by atoms with Crippen molar-refractivity contribution < 1.29 is 4.79 Å². The highest BCUT2D eigenvalue weighted by Crippen LogP contribution is 2.02. The van der Waals surface area contributed by atoms with Crippen LogP contribution in [0.15, 0.2) is 59.3 Å². The Morgan fingerprint density at radius 3 is 2.39 bits per heavy atom. The molecule has 0 bridgehead atoms. The van der Waals surface area contributed by atoms with Crippen molar-refractivity contribution in [3.05, 3.63) is 64.9 Å². The predicted molar refractivity (Wildman–Crippen MR) is 75.9 cm³/mol. The second kappa shape index (κ2) is 8.42. The summed E-state index contributed by atoms with van der Waals surface area (Å²) in [6, 6.07) is 13.6. The Labute approximate surface area is 115 Å². The maximum Gasteiger partial charge on any atom is 0.217 e. The topological polar surface area (TPSA) is 42.0 Å². The van der Waals surface area contributed by atoms with E-state index in [9.17, 15) is 4.79 Å². The zero-order chi connectivity index (χ0) is 13.2. The lowest BCUT2D eigenvalue weighted by molar-refractivity contribution is -0.119. The summed E-state index contributed by atoms with van der Waals surface area (Å²) < 4.78 is 1.02. The van der Waals surface area contributed by atoms with Crippen LogP contribution in [0.25, 0.3) is 0 Å². The van der Waals surface area contributed by atoms with Crippen molar-refractivity contribution in [1.82, 2.24) is 10.3 Å². The number of pyridine rings is 1. The van der Waals surface area contributed by atoms with E-state index in [0.717, 1.165) is 10.0 Å². The molecule has 0 saturated carbocycles. The lowest BCUT2D eigenvalue weighted by atomic mass is 10.2. The Kier molecular flexibility index (Phi) is 6.72. The van der Waals surface area contributed by atoms with Gasteiger partial charge in [-0.25, -0.2) is 0 Å². The third-order valence-electron chi connectivity index (χ3n) is 2.01. The highest BCUT2D eigenvalue weighted by atomic mass is 79.9. The number of hydrogen-bond donors (Lipinski definition) is 1. The second-order valence-corrected chi connectivity index (χ2v) is 4.48. The molecule has 4 heteroatoms. The van der Waals surface area contributed by atoms with Gasteiger partial charge in [0.25, 0.3) is 0 Å². The van der Waals surface area contributed by atoms with Crippen LogP contribution in [-0.2, 0) is 11.3 Å². The zero-order valence-electron chi connectivity index (χ0n) is 10.1. The van der Waals surface area contributed by atoms with Crippen LogP contribution in [0.3, 0.4) is 0 Å². The van der Waals surface area contributed by atoms with E-state index in [1.807, 2.05) is 42.5 Å². The molecule has 2 aromatic rings. The number of amides is 1. The van der Waals surface area contributed by atoms with Crippen LogP contribution in [0.5, 0.6) is 0 Å². The number of hydrogen-bond acceptors (Lipinski definition) is 2. The summed E-state index contributed by atoms with van der Waals surface area (Å²) in [6.45, 7) is 2.14. The van der Waals surface area contributed by atoms with Crippen LogP contribution in [0.2, 0.25) is 0 Å². The number of aromatic nitrogens is 1. The summed E-state index contributed by atoms with van der Waals surface area (Å²) in [5, 5.41) is 2.72. The van der Waals surface area contributed by atoms with Crippen LogP contribution in [0.1, 0.15) is 12.5 Å². The standard InChI is InChI=1S/C9H11NO.C5H4BrN/c1-8(11)10-7-9-5-3-2-4-6-9;6-5-2-1-3-7-4-5/h2-6H,7H2,1H3,(H,10,11);1-4H. The van der Waals surface area contributed by atoms with E-state index in [2.05, 4.69) is 26.2 Å². The molecule has 0 saturated heterocycles. The van der Waals surface area contributed by atoms with E-state index in [1.165, 1.54) is 6.92 Å². The van der Waals surface area contributed by atoms with Crippen molar-refractivity contribution >= 4 is 21.8 Å². The molecule has 1 amide bonds. The first-order valence-electron chi connectivity index (χ1n) is 5.52. The van der Waals surface area contributed by atoms with Gasteiger partial charge in [-0.3, -0.25) is 9.78 Å². The van der Waals surface area contributed by atoms with Gasteiger partial charge in [-0.2, -0.15) is 0 Å². The molecule has 3 nitrogen and oxygen atoms in total. The van der Waals surface area contributed by atoms with Crippen molar-refractivity contribution in [3.8, 4) is 0 Å². The monoisotopic (exact) mass is 306 g/mol. The van der Waals surface area contributed by atoms with E-state index < -0.39 is 0 Å². The summed E-state index contributed by atoms with van der Waals surface area (Å²) in [4.78, 5) is 14.3. The van der Waals surface area contributed by atoms with Crippen molar-refractivity contribution in [2.75, 3.05) is 0 Å². The van der Waals surface area contributed by atoms with Gasteiger partial charge in [0.15, 0.2) is 0 Å². The van der Waals surface area contributed by atoms with Crippen LogP contribution < -0.4 is 5.32 Å². The minimum Gasteiger partial charge on any atom is -0.352 e. The van der Waals surface area contributed by atoms with Gasteiger partial charge < -0.3 is 5.32 Å². The van der Waals surface area contributed by atoms with Gasteiger partial charge in [0.2, 0.25) is 5.91 Å². The van der Waals surface area contributed by atoms with Crippen LogP contribution in [0, 0.1) is 0 Å². The third-order valence-corrected chi connectivity index (χ3v) is 2.48. The molecule has 18 heavy (non-hydrogen) atoms. The van der Waals surface area contributed by atoms with Gasteiger partial charge in [0, 0.05) is 30.3 Å². The predicted octanol–water partition coefficient (Wildman–Crippen LogP) is 3.17. The average Bonchev–Trinajstić information content (AvgIpc) is 2.39. The molecule has 0 aliphatic rings. The van der Waals surface area contributed by atoms with Crippen molar-refractivity contribution in [2.24, 2.45) is 0 Å². The highest BCUT2D eigenvalue weighted by Gasteiger charge is 1.91. The first kappa shape index (κ1) is 14.4. The molecule has 1 aromatic carbocycles. The van der Waals surface area contributed by atoms with Crippen LogP contribution in [0.4, 0.5) is 0 Å². The smallest absolute Gasteiger partial charge is 0.217 e. The van der Waals surface area contributed by atoms with Gasteiger partial charge in [0.05, 0.1) is 0 Å². The Morgan fingerprint density at radius 2 is 1.94 bits per heavy atom. The van der Waals surface area contributed by atoms with E-state index in [0.29, 0.717) is 6.54 Å². The molecule has 1 heterocycles. The molecule has 0 aliphatic carbocycles. The molecule has 0 unspecified atom stereocenters. The fraction of sp³-hybridized carbons (Fsp3) is 0.143. The van der Waals surface area contributed by atoms with E-state index in [-0.39, 0.29) is 5.91 Å². The van der Waals surface area contributed by atoms with Crippen molar-refractivity contribution in [1.29, 1.82) is 0 Å². The number of carbonyl (C=O) groups is 1. The first-order chi connectivity index (χ1) is 8.68. The second-order valence-electron chi connectivity index (χ2n) is 3.57. The molecular formula is C14H15BrN2O. The van der Waals surface area contributed by atoms with Crippen molar-refractivity contribution in [3.63, 3.8) is 0 Å². The molecule has 1 aromatic heterocycles. The van der Waals surface area contributed by atoms with Crippen LogP contribution in [-0.4, -0.2) is 10.9 Å². The molecule has 0 fully saturated rings. The number of halogens is 1. The van der Waals surface area contributed by atoms with Crippen LogP contribution >= 0.6 is 15.9 Å². The van der Waals surface area contributed by atoms with E-state index in [4.69, 9.17) is 0 Å². The Hall–Kier alpha value is -1.68. The lowest BCUT2D eigenvalue weighted by Gasteiger charge is -2.00. The minimum absolute atomic E-state index is 0.00820. The van der Waals surface area contributed by atoms with Gasteiger partial charge >= 0.3 is 0 Å². The highest BCUT2D eigenvalue weighted by molar-refractivity contribution is 9.10. The first-order valence-corrected chi connectivity index (χ1v) is 6.31. The van der Waals surface area contributed by atoms with E-state index in [1.54, 1.807) is 12.4 Å². The molecule has 0 radical (unpaired) electrons. The third kappa shape index (κ3) is 6.81. The number of nitrogens with one attached hydrogen (secondary N) is 1. The Morgan fingerprint density at radius 1 is 1.22 bits per heavy atom. The quantitative estimate of drug-likeness (QED) is 0.926. The molecule has 2 rings (SSSR count). The fourth-order valence-corrected chi connectivity index (χ4v) is 1.44. The van der Waals surface area contributed by atoms with Gasteiger partial charge in [-0.05, 0) is 33.6 Å². The van der Waals surface area contributed by atoms with Gasteiger partial charge in [-0.15, -0.1) is 0 Å². The normalized spacial score (nSPS) is 9.00. The summed E-state index contributed by atoms with van der Waals surface area (Å²) in [5.41, 5.74) is 1.13.